The summed E-state index contributed by atoms with van der Waals surface area (Å²) in [7, 11) is 3.56. The minimum atomic E-state index is -0.467. The van der Waals surface area contributed by atoms with Gasteiger partial charge in [0, 0.05) is 14.1 Å². The molecule has 12 heavy (non-hydrogen) atoms. The predicted molar refractivity (Wildman–Crippen MR) is 41.3 cm³/mol. The van der Waals surface area contributed by atoms with E-state index in [0.29, 0.717) is 5.95 Å². The quantitative estimate of drug-likeness (QED) is 0.579. The number of aromatic nitrogens is 4. The van der Waals surface area contributed by atoms with Crippen molar-refractivity contribution in [2.45, 2.75) is 6.54 Å². The molecule has 66 valence electrons. The maximum absolute atomic E-state index is 10.5. The molecule has 0 atom stereocenters. The van der Waals surface area contributed by atoms with Gasteiger partial charge in [0.1, 0.15) is 6.54 Å². The summed E-state index contributed by atoms with van der Waals surface area (Å²) in [5, 5.41) is 10.7. The summed E-state index contributed by atoms with van der Waals surface area (Å²) < 4.78 is 1.34. The zero-order valence-corrected chi connectivity index (χ0v) is 6.93. The first-order valence-corrected chi connectivity index (χ1v) is 3.33. The monoisotopic (exact) mass is 170 g/mol. The molecular formula is C5H10N6O. The molecule has 1 heterocycles. The van der Waals surface area contributed by atoms with Crippen molar-refractivity contribution in [2.24, 2.45) is 5.73 Å². The third kappa shape index (κ3) is 1.68. The van der Waals surface area contributed by atoms with Crippen LogP contribution in [0.1, 0.15) is 0 Å². The Balaban J connectivity index is 2.84. The van der Waals surface area contributed by atoms with Gasteiger partial charge in [0.05, 0.1) is 0 Å². The van der Waals surface area contributed by atoms with Crippen LogP contribution in [0.2, 0.25) is 0 Å². The Morgan fingerprint density at radius 2 is 2.33 bits per heavy atom. The molecule has 0 saturated carbocycles. The van der Waals surface area contributed by atoms with Gasteiger partial charge in [-0.3, -0.25) is 4.79 Å². The number of hydrogen-bond acceptors (Lipinski definition) is 5. The van der Waals surface area contributed by atoms with E-state index in [0.717, 1.165) is 0 Å². The van der Waals surface area contributed by atoms with Crippen molar-refractivity contribution in [1.29, 1.82) is 0 Å². The Kier molecular flexibility index (Phi) is 2.22. The minimum absolute atomic E-state index is 0.000509. The molecule has 0 aromatic carbocycles. The number of rotatable bonds is 3. The second-order valence-electron chi connectivity index (χ2n) is 2.50. The number of tetrazole rings is 1. The predicted octanol–water partition coefficient (Wildman–Crippen LogP) is -1.78. The molecule has 0 bridgehead atoms. The smallest absolute Gasteiger partial charge is 0.245 e. The summed E-state index contributed by atoms with van der Waals surface area (Å²) in [5.41, 5.74) is 4.98. The molecule has 1 aromatic heterocycles. The number of hydrogen-bond donors (Lipinski definition) is 1. The van der Waals surface area contributed by atoms with Crippen molar-refractivity contribution in [2.75, 3.05) is 19.0 Å². The Bertz CT molecular complexity index is 279. The van der Waals surface area contributed by atoms with Gasteiger partial charge in [-0.15, -0.1) is 0 Å². The van der Waals surface area contributed by atoms with E-state index in [-0.39, 0.29) is 6.54 Å². The first-order chi connectivity index (χ1) is 5.61. The largest absolute Gasteiger partial charge is 0.368 e. The number of nitrogens with zero attached hydrogens (tertiary/aromatic N) is 5. The summed E-state index contributed by atoms with van der Waals surface area (Å²) >= 11 is 0. The maximum atomic E-state index is 10.5. The molecule has 0 aliphatic heterocycles. The summed E-state index contributed by atoms with van der Waals surface area (Å²) in [6.45, 7) is 0.000509. The van der Waals surface area contributed by atoms with Crippen LogP contribution in [-0.2, 0) is 11.3 Å². The number of amides is 1. The zero-order valence-electron chi connectivity index (χ0n) is 6.93. The van der Waals surface area contributed by atoms with Crippen LogP contribution in [0.5, 0.6) is 0 Å². The molecule has 2 N–H and O–H groups in total. The van der Waals surface area contributed by atoms with Crippen LogP contribution in [0.4, 0.5) is 5.95 Å². The molecule has 1 amide bonds. The van der Waals surface area contributed by atoms with Gasteiger partial charge in [-0.25, -0.2) is 4.68 Å². The van der Waals surface area contributed by atoms with Crippen LogP contribution >= 0.6 is 0 Å². The highest BCUT2D eigenvalue weighted by Gasteiger charge is 2.08. The van der Waals surface area contributed by atoms with Crippen LogP contribution in [0.25, 0.3) is 0 Å². The van der Waals surface area contributed by atoms with Gasteiger partial charge in [0.25, 0.3) is 0 Å². The molecule has 0 fully saturated rings. The van der Waals surface area contributed by atoms with Crippen molar-refractivity contribution >= 4 is 11.9 Å². The highest BCUT2D eigenvalue weighted by atomic mass is 16.1. The van der Waals surface area contributed by atoms with Gasteiger partial charge in [-0.1, -0.05) is 5.10 Å². The number of anilines is 1. The molecule has 0 spiro atoms. The highest BCUT2D eigenvalue weighted by molar-refractivity contribution is 5.73. The van der Waals surface area contributed by atoms with E-state index in [1.807, 2.05) is 0 Å². The lowest BCUT2D eigenvalue weighted by molar-refractivity contribution is -0.118. The number of primary amides is 1. The number of carbonyl (C=O) groups is 1. The zero-order chi connectivity index (χ0) is 9.14. The molecule has 7 nitrogen and oxygen atoms in total. The van der Waals surface area contributed by atoms with E-state index >= 15 is 0 Å². The third-order valence-electron chi connectivity index (χ3n) is 1.22. The SMILES string of the molecule is CN(C)c1nnnn1CC(N)=O. The lowest BCUT2D eigenvalue weighted by Gasteiger charge is -2.09. The fraction of sp³-hybridized carbons (Fsp3) is 0.600. The maximum Gasteiger partial charge on any atom is 0.245 e. The summed E-state index contributed by atoms with van der Waals surface area (Å²) in [5.74, 6) is 0.0409. The fourth-order valence-electron chi connectivity index (χ4n) is 0.770. The average molecular weight is 170 g/mol. The van der Waals surface area contributed by atoms with Gasteiger partial charge in [0.2, 0.25) is 11.9 Å². The Morgan fingerprint density at radius 3 is 2.83 bits per heavy atom. The average Bonchev–Trinajstić information content (AvgIpc) is 2.33. The van der Waals surface area contributed by atoms with E-state index in [9.17, 15) is 4.79 Å². The topological polar surface area (TPSA) is 89.9 Å². The van der Waals surface area contributed by atoms with Crippen molar-refractivity contribution < 1.29 is 4.79 Å². The van der Waals surface area contributed by atoms with Gasteiger partial charge in [0.15, 0.2) is 0 Å². The van der Waals surface area contributed by atoms with E-state index in [1.165, 1.54) is 4.68 Å². The molecule has 0 unspecified atom stereocenters. The molecule has 0 aliphatic carbocycles. The number of carbonyl (C=O) groups excluding carboxylic acids is 1. The molecular weight excluding hydrogens is 160 g/mol. The lowest BCUT2D eigenvalue weighted by Crippen LogP contribution is -2.23. The van der Waals surface area contributed by atoms with E-state index in [4.69, 9.17) is 5.73 Å². The third-order valence-corrected chi connectivity index (χ3v) is 1.22. The standard InChI is InChI=1S/C5H10N6O/c1-10(2)5-7-8-9-11(5)3-4(6)12/h3H2,1-2H3,(H2,6,12). The summed E-state index contributed by atoms with van der Waals surface area (Å²) in [4.78, 5) is 12.2. The van der Waals surface area contributed by atoms with Gasteiger partial charge >= 0.3 is 0 Å². The van der Waals surface area contributed by atoms with Crippen molar-refractivity contribution in [1.82, 2.24) is 20.2 Å². The van der Waals surface area contributed by atoms with Gasteiger partial charge in [-0.2, -0.15) is 0 Å². The first kappa shape index (κ1) is 8.44. The Morgan fingerprint density at radius 1 is 1.67 bits per heavy atom. The van der Waals surface area contributed by atoms with Crippen molar-refractivity contribution in [3.05, 3.63) is 0 Å². The fourth-order valence-corrected chi connectivity index (χ4v) is 0.770. The lowest BCUT2D eigenvalue weighted by atomic mass is 10.6. The van der Waals surface area contributed by atoms with Gasteiger partial charge < -0.3 is 10.6 Å². The second-order valence-corrected chi connectivity index (χ2v) is 2.50. The molecule has 1 aromatic rings. The van der Waals surface area contributed by atoms with E-state index in [2.05, 4.69) is 15.5 Å². The molecule has 0 saturated heterocycles. The molecule has 0 aliphatic rings. The summed E-state index contributed by atoms with van der Waals surface area (Å²) in [6, 6.07) is 0. The van der Waals surface area contributed by atoms with Crippen LogP contribution in [0, 0.1) is 0 Å². The minimum Gasteiger partial charge on any atom is -0.368 e. The normalized spacial score (nSPS) is 9.83. The Labute approximate surface area is 69.1 Å². The van der Waals surface area contributed by atoms with Crippen LogP contribution in [0.15, 0.2) is 0 Å². The molecule has 1 rings (SSSR count). The molecule has 7 heteroatoms. The summed E-state index contributed by atoms with van der Waals surface area (Å²) in [6.07, 6.45) is 0. The van der Waals surface area contributed by atoms with Gasteiger partial charge in [-0.05, 0) is 10.4 Å². The van der Waals surface area contributed by atoms with E-state index in [1.54, 1.807) is 19.0 Å². The second kappa shape index (κ2) is 3.16. The van der Waals surface area contributed by atoms with Crippen LogP contribution < -0.4 is 10.6 Å². The van der Waals surface area contributed by atoms with E-state index < -0.39 is 5.91 Å². The van der Waals surface area contributed by atoms with Crippen LogP contribution in [0.3, 0.4) is 0 Å². The van der Waals surface area contributed by atoms with Crippen molar-refractivity contribution in [3.63, 3.8) is 0 Å². The Hall–Kier alpha value is -1.66. The molecule has 0 radical (unpaired) electrons. The first-order valence-electron chi connectivity index (χ1n) is 3.33. The van der Waals surface area contributed by atoms with Crippen LogP contribution in [-0.4, -0.2) is 40.2 Å². The number of nitrogens with two attached hydrogens (primary N) is 1. The highest BCUT2D eigenvalue weighted by Crippen LogP contribution is 2.01. The van der Waals surface area contributed by atoms with Crippen molar-refractivity contribution in [3.8, 4) is 0 Å².